The maximum atomic E-state index is 13.8. The van der Waals surface area contributed by atoms with Gasteiger partial charge in [0.2, 0.25) is 11.8 Å². The summed E-state index contributed by atoms with van der Waals surface area (Å²) in [6, 6.07) is 3.65. The first-order chi connectivity index (χ1) is 12.3. The molecule has 6 nitrogen and oxygen atoms in total. The standard InChI is InChI=1S/C18H20BrFN2O4/c1-11(18(25)26)21-17(24)13-6-8-22(9-7-13)16(23)5-3-12-2-4-14(19)10-15(12)20/h2-5,10-11,13H,6-9H2,1H3,(H,21,24)(H,25,26). The Kier molecular flexibility index (Phi) is 6.90. The van der Waals surface area contributed by atoms with Crippen molar-refractivity contribution >= 4 is 39.8 Å². The first-order valence-electron chi connectivity index (χ1n) is 8.23. The monoisotopic (exact) mass is 426 g/mol. The summed E-state index contributed by atoms with van der Waals surface area (Å²) in [7, 11) is 0. The molecule has 0 bridgehead atoms. The van der Waals surface area contributed by atoms with Gasteiger partial charge in [0, 0.05) is 35.1 Å². The molecule has 1 aliphatic rings. The smallest absolute Gasteiger partial charge is 0.325 e. The molecule has 140 valence electrons. The predicted molar refractivity (Wildman–Crippen MR) is 97.7 cm³/mol. The fourth-order valence-electron chi connectivity index (χ4n) is 2.66. The summed E-state index contributed by atoms with van der Waals surface area (Å²) in [5.74, 6) is -2.37. The van der Waals surface area contributed by atoms with Gasteiger partial charge in [-0.15, -0.1) is 0 Å². The van der Waals surface area contributed by atoms with Gasteiger partial charge in [0.25, 0.3) is 0 Å². The largest absolute Gasteiger partial charge is 0.480 e. The minimum absolute atomic E-state index is 0.245. The van der Waals surface area contributed by atoms with E-state index in [1.807, 2.05) is 0 Å². The van der Waals surface area contributed by atoms with Gasteiger partial charge in [-0.3, -0.25) is 14.4 Å². The van der Waals surface area contributed by atoms with Crippen LogP contribution in [0.15, 0.2) is 28.7 Å². The van der Waals surface area contributed by atoms with Gasteiger partial charge in [-0.05, 0) is 38.0 Å². The fourth-order valence-corrected chi connectivity index (χ4v) is 2.99. The molecule has 1 fully saturated rings. The normalized spacial score (nSPS) is 16.5. The van der Waals surface area contributed by atoms with Gasteiger partial charge < -0.3 is 15.3 Å². The van der Waals surface area contributed by atoms with Crippen LogP contribution in [0.3, 0.4) is 0 Å². The topological polar surface area (TPSA) is 86.7 Å². The van der Waals surface area contributed by atoms with Crippen LogP contribution < -0.4 is 5.32 Å². The number of benzene rings is 1. The van der Waals surface area contributed by atoms with Gasteiger partial charge in [0.15, 0.2) is 0 Å². The van der Waals surface area contributed by atoms with E-state index in [1.165, 1.54) is 25.1 Å². The van der Waals surface area contributed by atoms with E-state index in [0.29, 0.717) is 36.0 Å². The van der Waals surface area contributed by atoms with Crippen molar-refractivity contribution in [2.24, 2.45) is 5.92 Å². The van der Waals surface area contributed by atoms with Crippen LogP contribution in [0.5, 0.6) is 0 Å². The summed E-state index contributed by atoms with van der Waals surface area (Å²) in [5, 5.41) is 11.3. The van der Waals surface area contributed by atoms with Gasteiger partial charge in [-0.25, -0.2) is 4.39 Å². The molecule has 1 atom stereocenters. The van der Waals surface area contributed by atoms with Gasteiger partial charge in [-0.2, -0.15) is 0 Å². The van der Waals surface area contributed by atoms with Crippen LogP contribution in [0, 0.1) is 11.7 Å². The molecule has 26 heavy (non-hydrogen) atoms. The molecule has 1 aromatic carbocycles. The van der Waals surface area contributed by atoms with Crippen LogP contribution in [-0.4, -0.2) is 46.9 Å². The average Bonchev–Trinajstić information content (AvgIpc) is 2.60. The molecular formula is C18H20BrFN2O4. The van der Waals surface area contributed by atoms with Crippen molar-refractivity contribution in [3.8, 4) is 0 Å². The third-order valence-corrected chi connectivity index (χ3v) is 4.77. The van der Waals surface area contributed by atoms with E-state index < -0.39 is 17.8 Å². The van der Waals surface area contributed by atoms with Gasteiger partial charge in [0.05, 0.1) is 0 Å². The number of amides is 2. The number of hydrogen-bond acceptors (Lipinski definition) is 3. The van der Waals surface area contributed by atoms with E-state index in [1.54, 1.807) is 17.0 Å². The Morgan fingerprint density at radius 3 is 2.58 bits per heavy atom. The first-order valence-corrected chi connectivity index (χ1v) is 9.02. The number of rotatable bonds is 5. The van der Waals surface area contributed by atoms with Crippen molar-refractivity contribution in [2.45, 2.75) is 25.8 Å². The van der Waals surface area contributed by atoms with Crippen LogP contribution in [0.4, 0.5) is 4.39 Å². The number of halogens is 2. The molecule has 0 radical (unpaired) electrons. The molecule has 8 heteroatoms. The summed E-state index contributed by atoms with van der Waals surface area (Å²) in [5.41, 5.74) is 0.318. The lowest BCUT2D eigenvalue weighted by atomic mass is 9.95. The fraction of sp³-hybridized carbons (Fsp3) is 0.389. The van der Waals surface area contributed by atoms with Crippen LogP contribution in [0.1, 0.15) is 25.3 Å². The lowest BCUT2D eigenvalue weighted by molar-refractivity contribution is -0.142. The summed E-state index contributed by atoms with van der Waals surface area (Å²) in [6.45, 7) is 2.20. The molecule has 2 amide bonds. The van der Waals surface area contributed by atoms with Crippen molar-refractivity contribution in [2.75, 3.05) is 13.1 Å². The second-order valence-corrected chi connectivity index (χ2v) is 7.08. The summed E-state index contributed by atoms with van der Waals surface area (Å²) >= 11 is 3.17. The van der Waals surface area contributed by atoms with E-state index in [-0.39, 0.29) is 17.7 Å². The first kappa shape index (κ1) is 20.1. The van der Waals surface area contributed by atoms with E-state index in [0.717, 1.165) is 0 Å². The van der Waals surface area contributed by atoms with Crippen LogP contribution in [-0.2, 0) is 14.4 Å². The number of carbonyl (C=O) groups is 3. The maximum absolute atomic E-state index is 13.8. The molecule has 2 rings (SSSR count). The Morgan fingerprint density at radius 1 is 1.35 bits per heavy atom. The van der Waals surface area contributed by atoms with Crippen LogP contribution in [0.25, 0.3) is 6.08 Å². The van der Waals surface area contributed by atoms with E-state index in [9.17, 15) is 18.8 Å². The Hall–Kier alpha value is -2.22. The third-order valence-electron chi connectivity index (χ3n) is 4.27. The van der Waals surface area contributed by atoms with Crippen LogP contribution in [0.2, 0.25) is 0 Å². The van der Waals surface area contributed by atoms with Crippen molar-refractivity contribution in [1.29, 1.82) is 0 Å². The van der Waals surface area contributed by atoms with E-state index in [4.69, 9.17) is 5.11 Å². The molecule has 1 saturated heterocycles. The lowest BCUT2D eigenvalue weighted by Crippen LogP contribution is -2.46. The minimum atomic E-state index is -1.09. The number of likely N-dealkylation sites (tertiary alicyclic amines) is 1. The third kappa shape index (κ3) is 5.39. The number of aliphatic carboxylic acids is 1. The highest BCUT2D eigenvalue weighted by Crippen LogP contribution is 2.19. The summed E-state index contributed by atoms with van der Waals surface area (Å²) < 4.78 is 14.4. The number of carbonyl (C=O) groups excluding carboxylic acids is 2. The maximum Gasteiger partial charge on any atom is 0.325 e. The number of piperidine rings is 1. The highest BCUT2D eigenvalue weighted by molar-refractivity contribution is 9.10. The molecule has 1 aliphatic heterocycles. The summed E-state index contributed by atoms with van der Waals surface area (Å²) in [4.78, 5) is 36.6. The molecule has 0 saturated carbocycles. The average molecular weight is 427 g/mol. The zero-order chi connectivity index (χ0) is 19.3. The zero-order valence-electron chi connectivity index (χ0n) is 14.2. The number of carboxylic acids is 1. The number of nitrogens with one attached hydrogen (secondary N) is 1. The van der Waals surface area contributed by atoms with Crippen molar-refractivity contribution < 1.29 is 23.9 Å². The minimum Gasteiger partial charge on any atom is -0.480 e. The molecule has 0 aromatic heterocycles. The zero-order valence-corrected chi connectivity index (χ0v) is 15.8. The van der Waals surface area contributed by atoms with Gasteiger partial charge in [0.1, 0.15) is 11.9 Å². The highest BCUT2D eigenvalue weighted by Gasteiger charge is 2.28. The van der Waals surface area contributed by atoms with Gasteiger partial charge >= 0.3 is 5.97 Å². The number of hydrogen-bond donors (Lipinski definition) is 2. The second-order valence-electron chi connectivity index (χ2n) is 6.17. The van der Waals surface area contributed by atoms with E-state index >= 15 is 0 Å². The van der Waals surface area contributed by atoms with Crippen molar-refractivity contribution in [1.82, 2.24) is 10.2 Å². The Balaban J connectivity index is 1.87. The molecule has 2 N–H and O–H groups in total. The SMILES string of the molecule is CC(NC(=O)C1CCN(C(=O)C=Cc2ccc(Br)cc2F)CC1)C(=O)O. The van der Waals surface area contributed by atoms with Crippen molar-refractivity contribution in [3.63, 3.8) is 0 Å². The molecular weight excluding hydrogens is 407 g/mol. The van der Waals surface area contributed by atoms with E-state index in [2.05, 4.69) is 21.2 Å². The number of carboxylic acid groups (broad SMARTS) is 1. The molecule has 1 heterocycles. The number of nitrogens with zero attached hydrogens (tertiary/aromatic N) is 1. The molecule has 1 unspecified atom stereocenters. The van der Waals surface area contributed by atoms with Gasteiger partial charge in [-0.1, -0.05) is 22.0 Å². The molecule has 0 aliphatic carbocycles. The highest BCUT2D eigenvalue weighted by atomic mass is 79.9. The second kappa shape index (κ2) is 8.93. The Labute approximate surface area is 159 Å². The molecule has 1 aromatic rings. The summed E-state index contributed by atoms with van der Waals surface area (Å²) in [6.07, 6.45) is 3.67. The van der Waals surface area contributed by atoms with Crippen molar-refractivity contribution in [3.05, 3.63) is 40.1 Å². The van der Waals surface area contributed by atoms with Crippen LogP contribution >= 0.6 is 15.9 Å². The Bertz CT molecular complexity index is 730. The molecule has 0 spiro atoms. The quantitative estimate of drug-likeness (QED) is 0.707. The predicted octanol–water partition coefficient (Wildman–Crippen LogP) is 2.43. The lowest BCUT2D eigenvalue weighted by Gasteiger charge is -2.31. The Morgan fingerprint density at radius 2 is 2.00 bits per heavy atom.